The van der Waals surface area contributed by atoms with Gasteiger partial charge < -0.3 is 24.4 Å². The first-order valence-corrected chi connectivity index (χ1v) is 12.4. The minimum atomic E-state index is -0.735. The fraction of sp³-hybridized carbons (Fsp3) is 0.667. The van der Waals surface area contributed by atoms with Gasteiger partial charge in [-0.15, -0.1) is 0 Å². The lowest BCUT2D eigenvalue weighted by atomic mass is 9.86. The molecule has 1 aromatic rings. The highest BCUT2D eigenvalue weighted by molar-refractivity contribution is 5.69. The van der Waals surface area contributed by atoms with Crippen LogP contribution in [0, 0.1) is 24.7 Å². The molecular weight excluding hydrogens is 420 g/mol. The van der Waals surface area contributed by atoms with E-state index in [4.69, 9.17) is 14.2 Å². The molecular formula is C27H40O6. The topological polar surface area (TPSA) is 85.2 Å². The molecule has 2 fully saturated rings. The van der Waals surface area contributed by atoms with E-state index in [2.05, 4.69) is 0 Å². The van der Waals surface area contributed by atoms with Crippen LogP contribution in [0.1, 0.15) is 57.9 Å². The van der Waals surface area contributed by atoms with Crippen molar-refractivity contribution in [2.45, 2.75) is 83.7 Å². The Balaban J connectivity index is 1.46. The second-order valence-electron chi connectivity index (χ2n) is 9.82. The second kappa shape index (κ2) is 12.5. The lowest BCUT2D eigenvalue weighted by molar-refractivity contribution is -0.147. The van der Waals surface area contributed by atoms with E-state index in [-0.39, 0.29) is 36.6 Å². The standard InChI is InChI=1S/C27H40O6/c1-18(2)33-27(30)10-6-8-20-11-13-23-22(24(29)15-26(23)31-16-20)14-12-21(28)17-32-25-9-5-4-7-19(25)3/h4-5,7,9,12,14,18,20-24,26,28-29H,6,8,10-11,13,15-17H2,1-3H3/t20-,21+,22+,23+,24+,26-/m0/s1. The van der Waals surface area contributed by atoms with Crippen molar-refractivity contribution in [1.29, 1.82) is 0 Å². The van der Waals surface area contributed by atoms with E-state index in [1.165, 1.54) is 0 Å². The van der Waals surface area contributed by atoms with E-state index in [0.717, 1.165) is 37.0 Å². The van der Waals surface area contributed by atoms with Crippen LogP contribution >= 0.6 is 0 Å². The minimum Gasteiger partial charge on any atom is -0.490 e. The normalized spacial score (nSPS) is 28.5. The number of benzene rings is 1. The maximum Gasteiger partial charge on any atom is 0.306 e. The van der Waals surface area contributed by atoms with Gasteiger partial charge in [0.05, 0.1) is 18.3 Å². The summed E-state index contributed by atoms with van der Waals surface area (Å²) < 4.78 is 17.1. The smallest absolute Gasteiger partial charge is 0.306 e. The molecule has 1 aromatic carbocycles. The van der Waals surface area contributed by atoms with Gasteiger partial charge in [0, 0.05) is 25.4 Å². The summed E-state index contributed by atoms with van der Waals surface area (Å²) >= 11 is 0. The molecule has 0 spiro atoms. The molecule has 3 rings (SSSR count). The Hall–Kier alpha value is -1.89. The molecule has 33 heavy (non-hydrogen) atoms. The molecule has 1 aliphatic heterocycles. The molecule has 6 atom stereocenters. The van der Waals surface area contributed by atoms with Crippen LogP contribution in [0.25, 0.3) is 0 Å². The largest absolute Gasteiger partial charge is 0.490 e. The first-order chi connectivity index (χ1) is 15.8. The van der Waals surface area contributed by atoms with Crippen LogP contribution in [-0.2, 0) is 14.3 Å². The van der Waals surface area contributed by atoms with Crippen molar-refractivity contribution in [3.63, 3.8) is 0 Å². The third-order valence-electron chi connectivity index (χ3n) is 6.76. The molecule has 1 saturated heterocycles. The SMILES string of the molecule is Cc1ccccc1OC[C@H](O)C=C[C@@H]1[C@H]2CC[C@H](CCCC(=O)OC(C)C)CO[C@H]2C[C@H]1O. The zero-order valence-corrected chi connectivity index (χ0v) is 20.2. The molecule has 1 aliphatic carbocycles. The molecule has 2 aliphatic rings. The number of hydrogen-bond donors (Lipinski definition) is 2. The second-order valence-corrected chi connectivity index (χ2v) is 9.82. The zero-order valence-electron chi connectivity index (χ0n) is 20.2. The Morgan fingerprint density at radius 1 is 1.27 bits per heavy atom. The fourth-order valence-corrected chi connectivity index (χ4v) is 5.01. The van der Waals surface area contributed by atoms with Crippen LogP contribution < -0.4 is 4.74 Å². The monoisotopic (exact) mass is 460 g/mol. The highest BCUT2D eigenvalue weighted by atomic mass is 16.5. The van der Waals surface area contributed by atoms with Crippen LogP contribution in [0.4, 0.5) is 0 Å². The molecule has 6 nitrogen and oxygen atoms in total. The quantitative estimate of drug-likeness (QED) is 0.402. The first-order valence-electron chi connectivity index (χ1n) is 12.4. The van der Waals surface area contributed by atoms with E-state index >= 15 is 0 Å². The van der Waals surface area contributed by atoms with Gasteiger partial charge in [0.2, 0.25) is 0 Å². The lowest BCUT2D eigenvalue weighted by Gasteiger charge is -2.21. The molecule has 0 bridgehead atoms. The Bertz CT molecular complexity index is 776. The predicted octanol–water partition coefficient (Wildman–Crippen LogP) is 4.21. The molecule has 2 N–H and O–H groups in total. The average Bonchev–Trinajstić information content (AvgIpc) is 2.92. The van der Waals surface area contributed by atoms with Gasteiger partial charge in [-0.3, -0.25) is 4.79 Å². The maximum absolute atomic E-state index is 11.8. The third-order valence-corrected chi connectivity index (χ3v) is 6.76. The van der Waals surface area contributed by atoms with Gasteiger partial charge in [0.1, 0.15) is 18.5 Å². The summed E-state index contributed by atoms with van der Waals surface area (Å²) in [6.45, 7) is 6.56. The molecule has 184 valence electrons. The third kappa shape index (κ3) is 7.83. The van der Waals surface area contributed by atoms with E-state index in [0.29, 0.717) is 25.4 Å². The highest BCUT2D eigenvalue weighted by Gasteiger charge is 2.43. The Labute approximate surface area is 197 Å². The van der Waals surface area contributed by atoms with Gasteiger partial charge in [-0.2, -0.15) is 0 Å². The van der Waals surface area contributed by atoms with Gasteiger partial charge >= 0.3 is 5.97 Å². The zero-order chi connectivity index (χ0) is 23.8. The van der Waals surface area contributed by atoms with Crippen molar-refractivity contribution in [2.75, 3.05) is 13.2 Å². The van der Waals surface area contributed by atoms with Crippen molar-refractivity contribution in [3.05, 3.63) is 42.0 Å². The number of carbonyl (C=O) groups is 1. The number of aliphatic hydroxyl groups is 2. The van der Waals surface area contributed by atoms with Gasteiger partial charge in [0.15, 0.2) is 0 Å². The van der Waals surface area contributed by atoms with Gasteiger partial charge in [-0.1, -0.05) is 30.4 Å². The summed E-state index contributed by atoms with van der Waals surface area (Å²) in [6.07, 6.45) is 7.33. The Morgan fingerprint density at radius 2 is 2.06 bits per heavy atom. The Kier molecular flexibility index (Phi) is 9.78. The van der Waals surface area contributed by atoms with Gasteiger partial charge in [-0.05, 0) is 69.9 Å². The molecule has 6 heteroatoms. The molecule has 0 amide bonds. The molecule has 1 saturated carbocycles. The van der Waals surface area contributed by atoms with Crippen molar-refractivity contribution in [2.24, 2.45) is 17.8 Å². The van der Waals surface area contributed by atoms with Crippen molar-refractivity contribution >= 4 is 5.97 Å². The van der Waals surface area contributed by atoms with E-state index < -0.39 is 12.2 Å². The molecule has 1 heterocycles. The summed E-state index contributed by atoms with van der Waals surface area (Å²) in [5.74, 6) is 1.29. The summed E-state index contributed by atoms with van der Waals surface area (Å²) in [6, 6.07) is 7.74. The summed E-state index contributed by atoms with van der Waals surface area (Å²) in [7, 11) is 0. The Morgan fingerprint density at radius 3 is 2.82 bits per heavy atom. The molecule has 0 aromatic heterocycles. The summed E-state index contributed by atoms with van der Waals surface area (Å²) in [5.41, 5.74) is 1.03. The number of aryl methyl sites for hydroxylation is 1. The van der Waals surface area contributed by atoms with Crippen molar-refractivity contribution in [3.8, 4) is 5.75 Å². The van der Waals surface area contributed by atoms with Gasteiger partial charge in [-0.25, -0.2) is 0 Å². The molecule has 0 radical (unpaired) electrons. The fourth-order valence-electron chi connectivity index (χ4n) is 5.01. The summed E-state index contributed by atoms with van der Waals surface area (Å²) in [5, 5.41) is 21.0. The van der Waals surface area contributed by atoms with Crippen molar-refractivity contribution in [1.82, 2.24) is 0 Å². The van der Waals surface area contributed by atoms with Crippen LogP contribution in [0.3, 0.4) is 0 Å². The number of ether oxygens (including phenoxy) is 3. The van der Waals surface area contributed by atoms with Crippen molar-refractivity contribution < 1.29 is 29.2 Å². The number of hydrogen-bond acceptors (Lipinski definition) is 6. The highest BCUT2D eigenvalue weighted by Crippen LogP contribution is 2.42. The number of aliphatic hydroxyl groups excluding tert-OH is 2. The van der Waals surface area contributed by atoms with E-state index in [1.54, 1.807) is 6.08 Å². The molecule has 0 unspecified atom stereocenters. The average molecular weight is 461 g/mol. The number of esters is 1. The van der Waals surface area contributed by atoms with Crippen LogP contribution in [0.2, 0.25) is 0 Å². The number of fused-ring (bicyclic) bond motifs is 1. The summed E-state index contributed by atoms with van der Waals surface area (Å²) in [4.78, 5) is 11.8. The number of rotatable bonds is 10. The number of para-hydroxylation sites is 1. The van der Waals surface area contributed by atoms with E-state index in [9.17, 15) is 15.0 Å². The van der Waals surface area contributed by atoms with E-state index in [1.807, 2.05) is 51.1 Å². The van der Waals surface area contributed by atoms with Crippen LogP contribution in [0.5, 0.6) is 5.75 Å². The van der Waals surface area contributed by atoms with Crippen LogP contribution in [-0.4, -0.2) is 53.8 Å². The first kappa shape index (κ1) is 25.7. The lowest BCUT2D eigenvalue weighted by Crippen LogP contribution is -2.22. The predicted molar refractivity (Wildman–Crippen MR) is 127 cm³/mol. The maximum atomic E-state index is 11.8. The van der Waals surface area contributed by atoms with Crippen LogP contribution in [0.15, 0.2) is 36.4 Å². The van der Waals surface area contributed by atoms with Gasteiger partial charge in [0.25, 0.3) is 0 Å². The minimum absolute atomic E-state index is 0.0251. The number of carbonyl (C=O) groups excluding carboxylic acids is 1.